The maximum absolute atomic E-state index is 12.6. The maximum atomic E-state index is 12.6. The van der Waals surface area contributed by atoms with Crippen molar-refractivity contribution in [1.29, 1.82) is 0 Å². The van der Waals surface area contributed by atoms with Gasteiger partial charge in [-0.1, -0.05) is 60.1 Å². The van der Waals surface area contributed by atoms with E-state index in [1.807, 2.05) is 66.7 Å². The second kappa shape index (κ2) is 10.8. The topological polar surface area (TPSA) is 65.5 Å². The van der Waals surface area contributed by atoms with Crippen LogP contribution in [0, 0.1) is 0 Å². The monoisotopic (exact) mass is 471 g/mol. The quantitative estimate of drug-likeness (QED) is 0.217. The van der Waals surface area contributed by atoms with Gasteiger partial charge in [0, 0.05) is 22.4 Å². The first kappa shape index (κ1) is 23.2. The highest BCUT2D eigenvalue weighted by Crippen LogP contribution is 2.20. The van der Waals surface area contributed by atoms with Crippen LogP contribution in [-0.4, -0.2) is 30.5 Å². The number of hydrogen-bond acceptors (Lipinski definition) is 5. The molecule has 0 amide bonds. The fourth-order valence-electron chi connectivity index (χ4n) is 3.50. The van der Waals surface area contributed by atoms with Crippen LogP contribution in [0.1, 0.15) is 38.4 Å². The van der Waals surface area contributed by atoms with Crippen LogP contribution in [0.25, 0.3) is 23.1 Å². The molecule has 0 bridgehead atoms. The van der Waals surface area contributed by atoms with Crippen molar-refractivity contribution in [2.24, 2.45) is 0 Å². The molecular formula is C28H22ClNO4. The van der Waals surface area contributed by atoms with Crippen LogP contribution in [0.2, 0.25) is 5.02 Å². The van der Waals surface area contributed by atoms with E-state index < -0.39 is 5.97 Å². The van der Waals surface area contributed by atoms with Crippen LogP contribution in [0.5, 0.6) is 5.75 Å². The second-order valence-electron chi connectivity index (χ2n) is 7.54. The van der Waals surface area contributed by atoms with Crippen LogP contribution in [0.4, 0.5) is 0 Å². The normalized spacial score (nSPS) is 11.0. The summed E-state index contributed by atoms with van der Waals surface area (Å²) in [5.74, 6) is -0.0673. The summed E-state index contributed by atoms with van der Waals surface area (Å²) in [6, 6.07) is 23.8. The molecule has 5 nitrogen and oxygen atoms in total. The van der Waals surface area contributed by atoms with E-state index in [0.717, 1.165) is 22.2 Å². The predicted octanol–water partition coefficient (Wildman–Crippen LogP) is 6.50. The minimum Gasteiger partial charge on any atom is -0.493 e. The van der Waals surface area contributed by atoms with Crippen molar-refractivity contribution in [3.05, 3.63) is 106 Å². The molecule has 0 aliphatic rings. The number of methoxy groups -OCH3 is 1. The number of carbonyl (C=O) groups is 2. The largest absolute Gasteiger partial charge is 0.493 e. The molecule has 0 aliphatic heterocycles. The van der Waals surface area contributed by atoms with E-state index in [0.29, 0.717) is 16.3 Å². The van der Waals surface area contributed by atoms with Crippen molar-refractivity contribution in [3.8, 4) is 5.75 Å². The summed E-state index contributed by atoms with van der Waals surface area (Å²) in [4.78, 5) is 29.1. The van der Waals surface area contributed by atoms with Crippen LogP contribution in [-0.2, 0) is 4.74 Å². The van der Waals surface area contributed by atoms with Crippen LogP contribution >= 0.6 is 11.6 Å². The van der Waals surface area contributed by atoms with Gasteiger partial charge in [-0.3, -0.25) is 4.79 Å². The molecule has 170 valence electrons. The Hall–Kier alpha value is -3.96. The van der Waals surface area contributed by atoms with E-state index in [2.05, 4.69) is 4.98 Å². The molecule has 1 heterocycles. The van der Waals surface area contributed by atoms with Crippen molar-refractivity contribution >= 4 is 46.4 Å². The van der Waals surface area contributed by atoms with Crippen LogP contribution < -0.4 is 4.74 Å². The highest BCUT2D eigenvalue weighted by molar-refractivity contribution is 6.31. The van der Waals surface area contributed by atoms with Crippen molar-refractivity contribution in [2.45, 2.75) is 6.42 Å². The fraction of sp³-hybridized carbons (Fsp3) is 0.107. The third kappa shape index (κ3) is 5.69. The van der Waals surface area contributed by atoms with E-state index in [1.54, 1.807) is 24.3 Å². The van der Waals surface area contributed by atoms with Gasteiger partial charge < -0.3 is 9.47 Å². The Labute approximate surface area is 202 Å². The number of pyridine rings is 1. The van der Waals surface area contributed by atoms with Gasteiger partial charge in [-0.2, -0.15) is 0 Å². The van der Waals surface area contributed by atoms with E-state index >= 15 is 0 Å². The fourth-order valence-corrected chi connectivity index (χ4v) is 3.67. The van der Waals surface area contributed by atoms with Crippen molar-refractivity contribution in [2.75, 3.05) is 13.7 Å². The molecule has 0 aliphatic carbocycles. The number of ether oxygens (including phenoxy) is 2. The molecular weight excluding hydrogens is 450 g/mol. The minimum atomic E-state index is -0.534. The predicted molar refractivity (Wildman–Crippen MR) is 134 cm³/mol. The summed E-state index contributed by atoms with van der Waals surface area (Å²) < 4.78 is 10.5. The Bertz CT molecular complexity index is 1380. The average Bonchev–Trinajstić information content (AvgIpc) is 2.87. The molecule has 0 N–H and O–H groups in total. The number of rotatable bonds is 8. The molecule has 4 aromatic rings. The molecule has 0 spiro atoms. The summed E-state index contributed by atoms with van der Waals surface area (Å²) >= 11 is 6.07. The Morgan fingerprint density at radius 1 is 0.912 bits per heavy atom. The third-order valence-electron chi connectivity index (χ3n) is 5.21. The number of halogens is 1. The minimum absolute atomic E-state index is 0.137. The maximum Gasteiger partial charge on any atom is 0.338 e. The van der Waals surface area contributed by atoms with E-state index in [4.69, 9.17) is 21.1 Å². The smallest absolute Gasteiger partial charge is 0.338 e. The molecule has 0 saturated carbocycles. The average molecular weight is 472 g/mol. The SMILES string of the molecule is COC(=O)c1ccccc1C(=O)CCOc1cccc(/C=C/c2ccc3ccc(Cl)cc3n2)c1. The first-order valence-corrected chi connectivity index (χ1v) is 11.1. The van der Waals surface area contributed by atoms with Gasteiger partial charge in [0.1, 0.15) is 5.75 Å². The lowest BCUT2D eigenvalue weighted by Gasteiger charge is -2.09. The lowest BCUT2D eigenvalue weighted by Crippen LogP contribution is -2.13. The van der Waals surface area contributed by atoms with Gasteiger partial charge in [0.05, 0.1) is 30.5 Å². The van der Waals surface area contributed by atoms with Gasteiger partial charge in [0.2, 0.25) is 0 Å². The zero-order valence-corrected chi connectivity index (χ0v) is 19.3. The summed E-state index contributed by atoms with van der Waals surface area (Å²) in [5.41, 5.74) is 3.18. The standard InChI is InChI=1S/C28H22ClNO4/c1-33-28(32)25-8-3-2-7-24(25)27(31)15-16-34-23-6-4-5-19(17-23)9-13-22-14-11-20-10-12-21(29)18-26(20)30-22/h2-14,17-18H,15-16H2,1H3/b13-9+. The molecule has 0 fully saturated rings. The van der Waals surface area contributed by atoms with Crippen molar-refractivity contribution in [3.63, 3.8) is 0 Å². The van der Waals surface area contributed by atoms with E-state index in [-0.39, 0.29) is 24.4 Å². The third-order valence-corrected chi connectivity index (χ3v) is 5.45. The van der Waals surface area contributed by atoms with Gasteiger partial charge in [0.25, 0.3) is 0 Å². The highest BCUT2D eigenvalue weighted by atomic mass is 35.5. The molecule has 4 rings (SSSR count). The summed E-state index contributed by atoms with van der Waals surface area (Å²) in [5, 5.41) is 1.68. The number of fused-ring (bicyclic) bond motifs is 1. The number of esters is 1. The Morgan fingerprint density at radius 3 is 2.53 bits per heavy atom. The van der Waals surface area contributed by atoms with E-state index in [9.17, 15) is 9.59 Å². The molecule has 0 unspecified atom stereocenters. The first-order valence-electron chi connectivity index (χ1n) is 10.7. The summed E-state index contributed by atoms with van der Waals surface area (Å²) in [6.45, 7) is 0.189. The van der Waals surface area contributed by atoms with Crippen molar-refractivity contribution < 1.29 is 19.1 Å². The number of ketones is 1. The van der Waals surface area contributed by atoms with E-state index in [1.165, 1.54) is 7.11 Å². The van der Waals surface area contributed by atoms with Gasteiger partial charge in [-0.05, 0) is 48.0 Å². The number of benzene rings is 3. The summed E-state index contributed by atoms with van der Waals surface area (Å²) in [7, 11) is 1.29. The van der Waals surface area contributed by atoms with Gasteiger partial charge in [-0.25, -0.2) is 9.78 Å². The number of Topliss-reactive ketones (excluding diaryl/α,β-unsaturated/α-hetero) is 1. The Balaban J connectivity index is 1.39. The molecule has 0 radical (unpaired) electrons. The molecule has 1 aromatic heterocycles. The zero-order chi connectivity index (χ0) is 23.9. The molecule has 34 heavy (non-hydrogen) atoms. The molecule has 0 atom stereocenters. The highest BCUT2D eigenvalue weighted by Gasteiger charge is 2.16. The first-order chi connectivity index (χ1) is 16.5. The number of carbonyl (C=O) groups excluding carboxylic acids is 2. The lowest BCUT2D eigenvalue weighted by atomic mass is 10.0. The molecule has 6 heteroatoms. The van der Waals surface area contributed by atoms with Gasteiger partial charge in [-0.15, -0.1) is 0 Å². The van der Waals surface area contributed by atoms with Crippen molar-refractivity contribution in [1.82, 2.24) is 4.98 Å². The molecule has 3 aromatic carbocycles. The molecule has 0 saturated heterocycles. The number of nitrogens with zero attached hydrogens (tertiary/aromatic N) is 1. The number of aromatic nitrogens is 1. The van der Waals surface area contributed by atoms with Gasteiger partial charge in [0.15, 0.2) is 5.78 Å². The zero-order valence-electron chi connectivity index (χ0n) is 18.5. The lowest BCUT2D eigenvalue weighted by molar-refractivity contribution is 0.0596. The second-order valence-corrected chi connectivity index (χ2v) is 7.97. The van der Waals surface area contributed by atoms with Gasteiger partial charge >= 0.3 is 5.97 Å². The summed E-state index contributed by atoms with van der Waals surface area (Å²) in [6.07, 6.45) is 4.01. The van der Waals surface area contributed by atoms with Crippen LogP contribution in [0.15, 0.2) is 78.9 Å². The Morgan fingerprint density at radius 2 is 1.71 bits per heavy atom. The van der Waals surface area contributed by atoms with Crippen LogP contribution in [0.3, 0.4) is 0 Å². The number of hydrogen-bond donors (Lipinski definition) is 0. The Kier molecular flexibility index (Phi) is 7.35.